The number of pyridine rings is 1. The number of carbonyl (C=O) groups excluding carboxylic acids is 2. The summed E-state index contributed by atoms with van der Waals surface area (Å²) in [6.07, 6.45) is 3.41. The number of nitrogens with zero attached hydrogens (tertiary/aromatic N) is 5. The van der Waals surface area contributed by atoms with Crippen LogP contribution in [-0.2, 0) is 22.6 Å². The third kappa shape index (κ3) is 7.71. The van der Waals surface area contributed by atoms with Crippen molar-refractivity contribution in [1.29, 1.82) is 0 Å². The number of hydrogen-bond acceptors (Lipinski definition) is 6. The molecule has 0 aliphatic carbocycles. The summed E-state index contributed by atoms with van der Waals surface area (Å²) in [4.78, 5) is 39.5. The molecule has 0 unspecified atom stereocenters. The van der Waals surface area contributed by atoms with Gasteiger partial charge >= 0.3 is 0 Å². The lowest BCUT2D eigenvalue weighted by Gasteiger charge is -2.35. The van der Waals surface area contributed by atoms with E-state index in [9.17, 15) is 9.59 Å². The van der Waals surface area contributed by atoms with Crippen molar-refractivity contribution in [3.8, 4) is 0 Å². The Balaban J connectivity index is 1.16. The number of hydrogen-bond donors (Lipinski definition) is 2. The van der Waals surface area contributed by atoms with Crippen molar-refractivity contribution in [3.63, 3.8) is 0 Å². The molecule has 2 aromatic heterocycles. The molecule has 0 bridgehead atoms. The summed E-state index contributed by atoms with van der Waals surface area (Å²) in [6.45, 7) is 8.73. The number of aryl methyl sites for hydroxylation is 2. The third-order valence-corrected chi connectivity index (χ3v) is 8.12. The summed E-state index contributed by atoms with van der Waals surface area (Å²) in [6, 6.07) is 23.5. The van der Waals surface area contributed by atoms with E-state index >= 15 is 0 Å². The predicted octanol–water partition coefficient (Wildman–Crippen LogP) is 5.51. The number of fused-ring (bicyclic) bond motifs is 3. The molecule has 9 heteroatoms. The first-order valence-corrected chi connectivity index (χ1v) is 15.7. The molecule has 2 amide bonds. The summed E-state index contributed by atoms with van der Waals surface area (Å²) in [5.41, 5.74) is 10.8. The first-order valence-electron chi connectivity index (χ1n) is 15.7. The van der Waals surface area contributed by atoms with Crippen LogP contribution in [-0.4, -0.2) is 68.9 Å². The summed E-state index contributed by atoms with van der Waals surface area (Å²) < 4.78 is 2.33. The minimum atomic E-state index is -0.160. The molecule has 1 fully saturated rings. The van der Waals surface area contributed by atoms with Crippen LogP contribution in [0, 0.1) is 6.92 Å². The number of aromatic nitrogens is 3. The topological polar surface area (TPSA) is 109 Å². The number of unbranched alkanes of at least 4 members (excludes halogenated alkanes) is 1. The summed E-state index contributed by atoms with van der Waals surface area (Å²) in [7, 11) is 0. The van der Waals surface area contributed by atoms with Crippen LogP contribution in [0.3, 0.4) is 0 Å². The molecule has 1 saturated heterocycles. The fourth-order valence-corrected chi connectivity index (χ4v) is 5.71. The minimum absolute atomic E-state index is 0.0244. The van der Waals surface area contributed by atoms with Gasteiger partial charge in [0.15, 0.2) is 5.82 Å². The van der Waals surface area contributed by atoms with Crippen LogP contribution in [0.15, 0.2) is 72.8 Å². The quantitative estimate of drug-likeness (QED) is 0.251. The lowest BCUT2D eigenvalue weighted by atomic mass is 10.2. The number of nitrogens with two attached hydrogens (primary N) is 1. The molecular weight excluding hydrogens is 550 g/mol. The number of nitrogens with one attached hydrogen (secondary N) is 1. The number of benzene rings is 1. The normalized spacial score (nSPS) is 13.6. The number of anilines is 2. The Morgan fingerprint density at radius 3 is 2.41 bits per heavy atom. The SMILES string of the molecule is CCCCc1nc2c(N)nc3ccccc3c2n1CCN1CCN(C(=O)CCC(=O)Nc2cccccccc(C)c2)CC1. The van der Waals surface area contributed by atoms with E-state index in [0.29, 0.717) is 24.6 Å². The highest BCUT2D eigenvalue weighted by atomic mass is 16.2. The minimum Gasteiger partial charge on any atom is -0.382 e. The van der Waals surface area contributed by atoms with Crippen molar-refractivity contribution in [1.82, 2.24) is 24.3 Å². The maximum absolute atomic E-state index is 13.0. The first-order chi connectivity index (χ1) is 21.4. The van der Waals surface area contributed by atoms with Crippen molar-refractivity contribution in [3.05, 3.63) is 84.2 Å². The zero-order valence-electron chi connectivity index (χ0n) is 25.8. The Hall–Kier alpha value is -4.50. The van der Waals surface area contributed by atoms with E-state index in [4.69, 9.17) is 10.7 Å². The van der Waals surface area contributed by atoms with Crippen LogP contribution in [0.5, 0.6) is 0 Å². The summed E-state index contributed by atoms with van der Waals surface area (Å²) in [5, 5.41) is 4.01. The van der Waals surface area contributed by atoms with Gasteiger partial charge in [0.05, 0.1) is 11.0 Å². The Morgan fingerprint density at radius 2 is 1.61 bits per heavy atom. The summed E-state index contributed by atoms with van der Waals surface area (Å²) >= 11 is 0. The van der Waals surface area contributed by atoms with E-state index in [-0.39, 0.29) is 24.7 Å². The van der Waals surface area contributed by atoms with Gasteiger partial charge in [-0.2, -0.15) is 0 Å². The number of rotatable bonds is 10. The second-order valence-corrected chi connectivity index (χ2v) is 11.4. The highest BCUT2D eigenvalue weighted by Gasteiger charge is 2.23. The van der Waals surface area contributed by atoms with Gasteiger partial charge in [-0.15, -0.1) is 0 Å². The fourth-order valence-electron chi connectivity index (χ4n) is 5.71. The lowest BCUT2D eigenvalue weighted by Crippen LogP contribution is -2.49. The largest absolute Gasteiger partial charge is 0.382 e. The molecule has 1 aliphatic rings. The number of amides is 2. The molecule has 3 heterocycles. The Labute approximate surface area is 259 Å². The van der Waals surface area contributed by atoms with E-state index < -0.39 is 0 Å². The third-order valence-electron chi connectivity index (χ3n) is 8.12. The van der Waals surface area contributed by atoms with Crippen LogP contribution in [0.1, 0.15) is 44.0 Å². The van der Waals surface area contributed by atoms with Crippen molar-refractivity contribution in [2.75, 3.05) is 43.8 Å². The molecule has 0 saturated carbocycles. The van der Waals surface area contributed by atoms with Gasteiger partial charge in [0, 0.05) is 69.6 Å². The monoisotopic (exact) mass is 593 g/mol. The van der Waals surface area contributed by atoms with E-state index in [0.717, 1.165) is 78.8 Å². The van der Waals surface area contributed by atoms with E-state index in [2.05, 4.69) is 32.8 Å². The molecule has 1 aliphatic heterocycles. The number of para-hydroxylation sites is 1. The molecular formula is C35H43N7O2. The van der Waals surface area contributed by atoms with E-state index in [1.165, 1.54) is 0 Å². The van der Waals surface area contributed by atoms with Crippen LogP contribution in [0.4, 0.5) is 11.5 Å². The van der Waals surface area contributed by atoms with Gasteiger partial charge in [-0.3, -0.25) is 14.5 Å². The van der Waals surface area contributed by atoms with Gasteiger partial charge < -0.3 is 20.5 Å². The maximum Gasteiger partial charge on any atom is 0.224 e. The first kappa shape index (κ1) is 30.9. The van der Waals surface area contributed by atoms with Gasteiger partial charge in [-0.05, 0) is 37.1 Å². The van der Waals surface area contributed by atoms with Gasteiger partial charge in [-0.25, -0.2) is 9.97 Å². The van der Waals surface area contributed by atoms with Crippen LogP contribution in [0.25, 0.3) is 21.9 Å². The second-order valence-electron chi connectivity index (χ2n) is 11.4. The average Bonchev–Trinajstić information content (AvgIpc) is 3.40. The van der Waals surface area contributed by atoms with Crippen LogP contribution in [0.2, 0.25) is 0 Å². The Kier molecular flexibility index (Phi) is 10.4. The van der Waals surface area contributed by atoms with Gasteiger partial charge in [-0.1, -0.05) is 67.9 Å². The molecule has 0 spiro atoms. The van der Waals surface area contributed by atoms with Gasteiger partial charge in [0.2, 0.25) is 11.8 Å². The number of piperazine rings is 1. The second kappa shape index (κ2) is 14.8. The highest BCUT2D eigenvalue weighted by molar-refractivity contribution is 6.06. The molecule has 9 nitrogen and oxygen atoms in total. The smallest absolute Gasteiger partial charge is 0.224 e. The van der Waals surface area contributed by atoms with Crippen molar-refractivity contribution < 1.29 is 9.59 Å². The van der Waals surface area contributed by atoms with Crippen LogP contribution < -0.4 is 11.1 Å². The molecule has 5 rings (SSSR count). The van der Waals surface area contributed by atoms with Crippen molar-refractivity contribution >= 4 is 45.3 Å². The van der Waals surface area contributed by atoms with Gasteiger partial charge in [0.1, 0.15) is 11.3 Å². The molecule has 44 heavy (non-hydrogen) atoms. The van der Waals surface area contributed by atoms with Crippen molar-refractivity contribution in [2.24, 2.45) is 0 Å². The highest BCUT2D eigenvalue weighted by Crippen LogP contribution is 2.29. The number of carbonyl (C=O) groups is 2. The van der Waals surface area contributed by atoms with Gasteiger partial charge in [0.25, 0.3) is 0 Å². The maximum atomic E-state index is 13.0. The lowest BCUT2D eigenvalue weighted by molar-refractivity contribution is -0.134. The molecule has 0 radical (unpaired) electrons. The summed E-state index contributed by atoms with van der Waals surface area (Å²) in [5.74, 6) is 1.39. The zero-order chi connectivity index (χ0) is 30.9. The molecule has 2 aromatic carbocycles. The molecule has 4 aromatic rings. The number of nitrogen functional groups attached to an aromatic ring is 1. The zero-order valence-corrected chi connectivity index (χ0v) is 25.8. The van der Waals surface area contributed by atoms with E-state index in [1.807, 2.05) is 78.6 Å². The van der Waals surface area contributed by atoms with Crippen LogP contribution >= 0.6 is 0 Å². The molecule has 0 atom stereocenters. The molecule has 3 N–H and O–H groups in total. The Bertz CT molecular complexity index is 1670. The fraction of sp³-hybridized carbons (Fsp3) is 0.371. The molecule has 230 valence electrons. The predicted molar refractivity (Wildman–Crippen MR) is 178 cm³/mol. The standard InChI is InChI=1S/C35H43N7O2/c1-3-4-16-30-39-33-34(28-14-10-11-15-29(28)38-35(33)36)42(30)24-21-40-19-22-41(23-20-40)32(44)18-17-31(43)37-27-13-9-7-5-6-8-12-26(2)25-27/h5-15,25H,3-4,16-24H2,1-2H3,(H2,36,38)(H,37,43). The van der Waals surface area contributed by atoms with Crippen molar-refractivity contribution in [2.45, 2.75) is 52.5 Å². The average molecular weight is 594 g/mol. The number of imidazole rings is 1. The Morgan fingerprint density at radius 1 is 0.886 bits per heavy atom. The van der Waals surface area contributed by atoms with E-state index in [1.54, 1.807) is 0 Å².